The number of halogens is 3. The van der Waals surface area contributed by atoms with Crippen LogP contribution in [0.2, 0.25) is 0 Å². The molecule has 1 aromatic heterocycles. The summed E-state index contributed by atoms with van der Waals surface area (Å²) in [6.07, 6.45) is -5.18. The van der Waals surface area contributed by atoms with Crippen LogP contribution in [0.25, 0.3) is 0 Å². The predicted octanol–water partition coefficient (Wildman–Crippen LogP) is 3.65. The topological polar surface area (TPSA) is 34.1 Å². The number of rotatable bonds is 7. The minimum atomic E-state index is -4.21. The molecule has 0 fully saturated rings. The molecule has 0 aliphatic heterocycles. The summed E-state index contributed by atoms with van der Waals surface area (Å²) in [5.41, 5.74) is 1.79. The minimum Gasteiger partial charge on any atom is -0.477 e. The Balaban J connectivity index is 2.75. The van der Waals surface area contributed by atoms with Gasteiger partial charge in [-0.15, -0.1) is 0 Å². The standard InChI is InChI=1S/C14H21F3N2O/c1-4-18-9-11-7-12(10(2)3)19-13(8-11)20-6-5-14(15,16)17/h7-8,10,18H,4-6,9H2,1-3H3. The van der Waals surface area contributed by atoms with Crippen LogP contribution in [0.4, 0.5) is 13.2 Å². The smallest absolute Gasteiger partial charge is 0.392 e. The largest absolute Gasteiger partial charge is 0.477 e. The maximum Gasteiger partial charge on any atom is 0.392 e. The number of nitrogens with zero attached hydrogens (tertiary/aromatic N) is 1. The van der Waals surface area contributed by atoms with E-state index in [-0.39, 0.29) is 11.8 Å². The number of pyridine rings is 1. The van der Waals surface area contributed by atoms with Crippen LogP contribution in [0.1, 0.15) is 44.4 Å². The van der Waals surface area contributed by atoms with E-state index in [9.17, 15) is 13.2 Å². The molecule has 1 rings (SSSR count). The second kappa shape index (κ2) is 7.47. The van der Waals surface area contributed by atoms with Crippen LogP contribution in [0.15, 0.2) is 12.1 Å². The lowest BCUT2D eigenvalue weighted by Gasteiger charge is -2.13. The van der Waals surface area contributed by atoms with Crippen LogP contribution in [0.5, 0.6) is 5.88 Å². The van der Waals surface area contributed by atoms with Crippen molar-refractivity contribution in [2.24, 2.45) is 0 Å². The molecule has 0 aliphatic rings. The maximum atomic E-state index is 12.1. The summed E-state index contributed by atoms with van der Waals surface area (Å²) in [6, 6.07) is 3.63. The monoisotopic (exact) mass is 290 g/mol. The van der Waals surface area contributed by atoms with Crippen molar-refractivity contribution in [3.63, 3.8) is 0 Å². The summed E-state index contributed by atoms with van der Waals surface area (Å²) in [4.78, 5) is 4.24. The zero-order valence-corrected chi connectivity index (χ0v) is 12.0. The van der Waals surface area contributed by atoms with Gasteiger partial charge in [0.1, 0.15) is 0 Å². The quantitative estimate of drug-likeness (QED) is 0.832. The molecule has 20 heavy (non-hydrogen) atoms. The van der Waals surface area contributed by atoms with Crippen LogP contribution >= 0.6 is 0 Å². The number of hydrogen-bond acceptors (Lipinski definition) is 3. The number of hydrogen-bond donors (Lipinski definition) is 1. The third-order valence-corrected chi connectivity index (χ3v) is 2.69. The molecule has 0 amide bonds. The summed E-state index contributed by atoms with van der Waals surface area (Å²) >= 11 is 0. The third kappa shape index (κ3) is 6.23. The van der Waals surface area contributed by atoms with Crippen LogP contribution in [-0.4, -0.2) is 24.3 Å². The Hall–Kier alpha value is -1.30. The van der Waals surface area contributed by atoms with Crippen molar-refractivity contribution >= 4 is 0 Å². The molecule has 1 aromatic rings. The second-order valence-electron chi connectivity index (χ2n) is 4.89. The highest BCUT2D eigenvalue weighted by Gasteiger charge is 2.27. The van der Waals surface area contributed by atoms with E-state index in [0.717, 1.165) is 17.8 Å². The van der Waals surface area contributed by atoms with E-state index in [2.05, 4.69) is 10.3 Å². The first kappa shape index (κ1) is 16.8. The van der Waals surface area contributed by atoms with Gasteiger partial charge in [0, 0.05) is 18.3 Å². The Bertz CT molecular complexity index is 419. The molecule has 0 aliphatic carbocycles. The van der Waals surface area contributed by atoms with Crippen molar-refractivity contribution in [3.8, 4) is 5.88 Å². The van der Waals surface area contributed by atoms with Gasteiger partial charge in [0.15, 0.2) is 0 Å². The SMILES string of the molecule is CCNCc1cc(OCCC(F)(F)F)nc(C(C)C)c1. The van der Waals surface area contributed by atoms with Crippen molar-refractivity contribution < 1.29 is 17.9 Å². The zero-order valence-electron chi connectivity index (χ0n) is 12.0. The molecule has 6 heteroatoms. The fourth-order valence-electron chi connectivity index (χ4n) is 1.59. The normalized spacial score (nSPS) is 11.9. The number of aromatic nitrogens is 1. The Labute approximate surface area is 117 Å². The molecule has 0 aromatic carbocycles. The van der Waals surface area contributed by atoms with Crippen LogP contribution in [-0.2, 0) is 6.54 Å². The van der Waals surface area contributed by atoms with E-state index in [1.807, 2.05) is 26.8 Å². The average Bonchev–Trinajstić information content (AvgIpc) is 2.34. The zero-order chi connectivity index (χ0) is 15.2. The lowest BCUT2D eigenvalue weighted by atomic mass is 10.1. The van der Waals surface area contributed by atoms with Crippen LogP contribution < -0.4 is 10.1 Å². The molecule has 0 radical (unpaired) electrons. The van der Waals surface area contributed by atoms with Gasteiger partial charge in [-0.1, -0.05) is 20.8 Å². The maximum absolute atomic E-state index is 12.1. The second-order valence-corrected chi connectivity index (χ2v) is 4.89. The molecular formula is C14H21F3N2O. The molecule has 0 bridgehead atoms. The average molecular weight is 290 g/mol. The molecule has 0 saturated heterocycles. The van der Waals surface area contributed by atoms with E-state index in [1.165, 1.54) is 0 Å². The summed E-state index contributed by atoms with van der Waals surface area (Å²) in [5.74, 6) is 0.454. The van der Waals surface area contributed by atoms with E-state index >= 15 is 0 Å². The van der Waals surface area contributed by atoms with Crippen molar-refractivity contribution in [2.45, 2.75) is 45.8 Å². The molecule has 0 unspecified atom stereocenters. The van der Waals surface area contributed by atoms with Gasteiger partial charge < -0.3 is 10.1 Å². The van der Waals surface area contributed by atoms with Gasteiger partial charge in [0.25, 0.3) is 0 Å². The Morgan fingerprint density at radius 2 is 2.00 bits per heavy atom. The van der Waals surface area contributed by atoms with Gasteiger partial charge in [-0.3, -0.25) is 0 Å². The van der Waals surface area contributed by atoms with Gasteiger partial charge in [-0.25, -0.2) is 4.98 Å². The first-order chi connectivity index (χ1) is 9.31. The van der Waals surface area contributed by atoms with Gasteiger partial charge in [0.2, 0.25) is 5.88 Å². The fraction of sp³-hybridized carbons (Fsp3) is 0.643. The van der Waals surface area contributed by atoms with Crippen molar-refractivity contribution in [1.82, 2.24) is 10.3 Å². The lowest BCUT2D eigenvalue weighted by molar-refractivity contribution is -0.139. The molecule has 114 valence electrons. The molecule has 0 spiro atoms. The van der Waals surface area contributed by atoms with Crippen molar-refractivity contribution in [2.75, 3.05) is 13.2 Å². The van der Waals surface area contributed by atoms with Gasteiger partial charge in [-0.05, 0) is 24.1 Å². The third-order valence-electron chi connectivity index (χ3n) is 2.69. The highest BCUT2D eigenvalue weighted by molar-refractivity contribution is 5.26. The van der Waals surface area contributed by atoms with Gasteiger partial charge >= 0.3 is 6.18 Å². The van der Waals surface area contributed by atoms with E-state index in [0.29, 0.717) is 6.54 Å². The molecule has 0 atom stereocenters. The first-order valence-corrected chi connectivity index (χ1v) is 6.73. The number of nitrogens with one attached hydrogen (secondary N) is 1. The fourth-order valence-corrected chi connectivity index (χ4v) is 1.59. The highest BCUT2D eigenvalue weighted by atomic mass is 19.4. The molecular weight excluding hydrogens is 269 g/mol. The predicted molar refractivity (Wildman–Crippen MR) is 71.9 cm³/mol. The van der Waals surface area contributed by atoms with Crippen LogP contribution in [0, 0.1) is 0 Å². The van der Waals surface area contributed by atoms with Gasteiger partial charge in [0.05, 0.1) is 13.0 Å². The van der Waals surface area contributed by atoms with E-state index in [1.54, 1.807) is 6.07 Å². The van der Waals surface area contributed by atoms with Crippen molar-refractivity contribution in [3.05, 3.63) is 23.4 Å². The molecule has 1 N–H and O–H groups in total. The highest BCUT2D eigenvalue weighted by Crippen LogP contribution is 2.22. The lowest BCUT2D eigenvalue weighted by Crippen LogP contribution is -2.15. The Morgan fingerprint density at radius 3 is 2.55 bits per heavy atom. The van der Waals surface area contributed by atoms with E-state index in [4.69, 9.17) is 4.74 Å². The summed E-state index contributed by atoms with van der Waals surface area (Å²) in [5, 5.41) is 3.17. The summed E-state index contributed by atoms with van der Waals surface area (Å²) in [7, 11) is 0. The summed E-state index contributed by atoms with van der Waals surface area (Å²) < 4.78 is 41.4. The minimum absolute atomic E-state index is 0.196. The Kier molecular flexibility index (Phi) is 6.26. The first-order valence-electron chi connectivity index (χ1n) is 6.73. The Morgan fingerprint density at radius 1 is 1.30 bits per heavy atom. The number of ether oxygens (including phenoxy) is 1. The molecule has 1 heterocycles. The molecule has 0 saturated carbocycles. The summed E-state index contributed by atoms with van der Waals surface area (Å²) in [6.45, 7) is 7.03. The van der Waals surface area contributed by atoms with Crippen molar-refractivity contribution in [1.29, 1.82) is 0 Å². The van der Waals surface area contributed by atoms with E-state index < -0.39 is 19.2 Å². The molecule has 3 nitrogen and oxygen atoms in total. The number of alkyl halides is 3. The van der Waals surface area contributed by atoms with Crippen LogP contribution in [0.3, 0.4) is 0 Å². The van der Waals surface area contributed by atoms with Gasteiger partial charge in [-0.2, -0.15) is 13.2 Å².